The molecule has 0 aliphatic heterocycles. The van der Waals surface area contributed by atoms with Crippen LogP contribution in [0.25, 0.3) is 0 Å². The first-order valence-electron chi connectivity index (χ1n) is 6.75. The summed E-state index contributed by atoms with van der Waals surface area (Å²) in [7, 11) is 0. The van der Waals surface area contributed by atoms with E-state index in [0.717, 1.165) is 12.8 Å². The van der Waals surface area contributed by atoms with E-state index in [1.165, 1.54) is 6.07 Å². The first-order chi connectivity index (χ1) is 9.74. The molecule has 21 heavy (non-hydrogen) atoms. The molecule has 2 atom stereocenters. The van der Waals surface area contributed by atoms with Crippen molar-refractivity contribution in [1.82, 2.24) is 9.97 Å². The monoisotopic (exact) mass is 323 g/mol. The molecule has 118 valence electrons. The normalized spacial score (nSPS) is 26.7. The number of hydrogen-bond donors (Lipinski definition) is 2. The van der Waals surface area contributed by atoms with Gasteiger partial charge in [-0.1, -0.05) is 31.4 Å². The molecule has 1 aliphatic carbocycles. The summed E-state index contributed by atoms with van der Waals surface area (Å²) < 4.78 is 38.1. The lowest BCUT2D eigenvalue weighted by atomic mass is 9.77. The zero-order valence-electron chi connectivity index (χ0n) is 11.5. The van der Waals surface area contributed by atoms with Crippen LogP contribution in [0.2, 0.25) is 5.15 Å². The number of nitrogens with zero attached hydrogens (tertiary/aromatic N) is 2. The topological polar surface area (TPSA) is 58.0 Å². The van der Waals surface area contributed by atoms with Crippen molar-refractivity contribution >= 4 is 17.4 Å². The highest BCUT2D eigenvalue weighted by atomic mass is 35.5. The number of anilines is 1. The second-order valence-corrected chi connectivity index (χ2v) is 6.05. The van der Waals surface area contributed by atoms with E-state index in [9.17, 15) is 18.3 Å². The summed E-state index contributed by atoms with van der Waals surface area (Å²) >= 11 is 5.64. The molecule has 4 nitrogen and oxygen atoms in total. The standard InChI is InChI=1S/C13H17ClF3N3O/c1-8-3-2-4-12(6-8,7-21)20-10-5-9(14)18-11(19-10)13(15,16)17/h5,8,21H,2-4,6-7H2,1H3,(H,18,19,20). The molecule has 0 bridgehead atoms. The van der Waals surface area contributed by atoms with E-state index in [-0.39, 0.29) is 17.6 Å². The van der Waals surface area contributed by atoms with Crippen LogP contribution < -0.4 is 5.32 Å². The maximum Gasteiger partial charge on any atom is 0.451 e. The summed E-state index contributed by atoms with van der Waals surface area (Å²) in [6, 6.07) is 1.24. The Morgan fingerprint density at radius 3 is 2.76 bits per heavy atom. The smallest absolute Gasteiger partial charge is 0.394 e. The van der Waals surface area contributed by atoms with Gasteiger partial charge < -0.3 is 10.4 Å². The van der Waals surface area contributed by atoms with Gasteiger partial charge in [-0.2, -0.15) is 13.2 Å². The molecular weight excluding hydrogens is 307 g/mol. The van der Waals surface area contributed by atoms with Gasteiger partial charge >= 0.3 is 6.18 Å². The molecule has 1 saturated carbocycles. The molecular formula is C13H17ClF3N3O. The molecule has 1 aromatic heterocycles. The van der Waals surface area contributed by atoms with E-state index in [1.54, 1.807) is 0 Å². The van der Waals surface area contributed by atoms with E-state index < -0.39 is 17.5 Å². The maximum absolute atomic E-state index is 12.7. The largest absolute Gasteiger partial charge is 0.451 e. The number of alkyl halides is 3. The zero-order valence-corrected chi connectivity index (χ0v) is 12.3. The number of nitrogens with one attached hydrogen (secondary N) is 1. The molecule has 1 fully saturated rings. The predicted octanol–water partition coefficient (Wildman–Crippen LogP) is 3.50. The Bertz CT molecular complexity index is 512. The van der Waals surface area contributed by atoms with Gasteiger partial charge in [-0.05, 0) is 18.8 Å². The molecule has 1 aliphatic rings. The van der Waals surface area contributed by atoms with Gasteiger partial charge in [0.05, 0.1) is 12.1 Å². The molecule has 0 radical (unpaired) electrons. The Morgan fingerprint density at radius 1 is 1.48 bits per heavy atom. The predicted molar refractivity (Wildman–Crippen MR) is 73.1 cm³/mol. The SMILES string of the molecule is CC1CCCC(CO)(Nc2cc(Cl)nc(C(F)(F)F)n2)C1. The van der Waals surface area contributed by atoms with Crippen LogP contribution >= 0.6 is 11.6 Å². The van der Waals surface area contributed by atoms with Crippen molar-refractivity contribution in [2.75, 3.05) is 11.9 Å². The minimum absolute atomic E-state index is 0.00882. The Kier molecular flexibility index (Phi) is 4.63. The van der Waals surface area contributed by atoms with Crippen molar-refractivity contribution in [2.24, 2.45) is 5.92 Å². The lowest BCUT2D eigenvalue weighted by Gasteiger charge is -2.39. The summed E-state index contributed by atoms with van der Waals surface area (Å²) in [6.45, 7) is 1.89. The van der Waals surface area contributed by atoms with Crippen LogP contribution in [0.3, 0.4) is 0 Å². The summed E-state index contributed by atoms with van der Waals surface area (Å²) in [6.07, 6.45) is -1.36. The molecule has 1 aromatic rings. The van der Waals surface area contributed by atoms with Gasteiger partial charge in [0.15, 0.2) is 0 Å². The number of aliphatic hydroxyl groups excluding tert-OH is 1. The van der Waals surface area contributed by atoms with Crippen LogP contribution in [0.5, 0.6) is 0 Å². The van der Waals surface area contributed by atoms with Crippen molar-refractivity contribution in [3.8, 4) is 0 Å². The fourth-order valence-electron chi connectivity index (χ4n) is 2.84. The van der Waals surface area contributed by atoms with Crippen LogP contribution in [0, 0.1) is 5.92 Å². The van der Waals surface area contributed by atoms with Gasteiger partial charge in [-0.15, -0.1) is 0 Å². The Balaban J connectivity index is 2.27. The summed E-state index contributed by atoms with van der Waals surface area (Å²) in [4.78, 5) is 6.66. The van der Waals surface area contributed by atoms with Crippen LogP contribution in [0.15, 0.2) is 6.07 Å². The van der Waals surface area contributed by atoms with Crippen LogP contribution in [0.4, 0.5) is 19.0 Å². The van der Waals surface area contributed by atoms with Gasteiger partial charge in [0.25, 0.3) is 0 Å². The third-order valence-electron chi connectivity index (χ3n) is 3.74. The van der Waals surface area contributed by atoms with Crippen molar-refractivity contribution < 1.29 is 18.3 Å². The molecule has 0 amide bonds. The van der Waals surface area contributed by atoms with E-state index >= 15 is 0 Å². The number of halogens is 4. The highest BCUT2D eigenvalue weighted by Crippen LogP contribution is 2.35. The molecule has 8 heteroatoms. The highest BCUT2D eigenvalue weighted by molar-refractivity contribution is 6.29. The van der Waals surface area contributed by atoms with Gasteiger partial charge in [0.2, 0.25) is 5.82 Å². The van der Waals surface area contributed by atoms with E-state index in [1.807, 2.05) is 0 Å². The molecule has 2 unspecified atom stereocenters. The minimum Gasteiger partial charge on any atom is -0.394 e. The molecule has 1 heterocycles. The number of aromatic nitrogens is 2. The van der Waals surface area contributed by atoms with Crippen LogP contribution in [0.1, 0.15) is 38.4 Å². The van der Waals surface area contributed by atoms with Gasteiger partial charge in [0.1, 0.15) is 11.0 Å². The fourth-order valence-corrected chi connectivity index (χ4v) is 3.02. The van der Waals surface area contributed by atoms with Gasteiger partial charge in [-0.25, -0.2) is 9.97 Å². The Labute approximate surface area is 125 Å². The third kappa shape index (κ3) is 3.97. The molecule has 0 aromatic carbocycles. The first kappa shape index (κ1) is 16.3. The van der Waals surface area contributed by atoms with Gasteiger partial charge in [-0.3, -0.25) is 0 Å². The van der Waals surface area contributed by atoms with E-state index in [2.05, 4.69) is 22.2 Å². The second kappa shape index (κ2) is 5.96. The number of rotatable bonds is 3. The molecule has 0 saturated heterocycles. The lowest BCUT2D eigenvalue weighted by molar-refractivity contribution is -0.144. The Morgan fingerprint density at radius 2 is 2.19 bits per heavy atom. The summed E-state index contributed by atoms with van der Waals surface area (Å²) in [5.41, 5.74) is -0.655. The number of hydrogen-bond acceptors (Lipinski definition) is 4. The van der Waals surface area contributed by atoms with Crippen molar-refractivity contribution in [3.05, 3.63) is 17.0 Å². The van der Waals surface area contributed by atoms with E-state index in [0.29, 0.717) is 18.8 Å². The quantitative estimate of drug-likeness (QED) is 0.836. The maximum atomic E-state index is 12.7. The van der Waals surface area contributed by atoms with Crippen LogP contribution in [-0.2, 0) is 6.18 Å². The average Bonchev–Trinajstić information content (AvgIpc) is 2.37. The number of aliphatic hydroxyl groups is 1. The second-order valence-electron chi connectivity index (χ2n) is 5.66. The van der Waals surface area contributed by atoms with Crippen molar-refractivity contribution in [1.29, 1.82) is 0 Å². The van der Waals surface area contributed by atoms with Crippen LogP contribution in [-0.4, -0.2) is 27.2 Å². The average molecular weight is 324 g/mol. The highest BCUT2D eigenvalue weighted by Gasteiger charge is 2.38. The molecule has 2 rings (SSSR count). The van der Waals surface area contributed by atoms with Crippen molar-refractivity contribution in [2.45, 2.75) is 44.3 Å². The van der Waals surface area contributed by atoms with E-state index in [4.69, 9.17) is 11.6 Å². The lowest BCUT2D eigenvalue weighted by Crippen LogP contribution is -2.46. The zero-order chi connectivity index (χ0) is 15.7. The third-order valence-corrected chi connectivity index (χ3v) is 3.93. The summed E-state index contributed by atoms with van der Waals surface area (Å²) in [5.74, 6) is -0.905. The fraction of sp³-hybridized carbons (Fsp3) is 0.692. The van der Waals surface area contributed by atoms with Crippen molar-refractivity contribution in [3.63, 3.8) is 0 Å². The summed E-state index contributed by atoms with van der Waals surface area (Å²) in [5, 5.41) is 12.3. The molecule has 0 spiro atoms. The molecule has 2 N–H and O–H groups in total. The minimum atomic E-state index is -4.66. The first-order valence-corrected chi connectivity index (χ1v) is 7.13. The van der Waals surface area contributed by atoms with Gasteiger partial charge in [0, 0.05) is 6.07 Å². The Hall–Kier alpha value is -1.08.